The molecule has 2 aromatic carbocycles. The summed E-state index contributed by atoms with van der Waals surface area (Å²) < 4.78 is 5.16. The zero-order chi connectivity index (χ0) is 20.3. The van der Waals surface area contributed by atoms with Crippen molar-refractivity contribution < 1.29 is 19.1 Å². The zero-order valence-corrected chi connectivity index (χ0v) is 16.3. The average Bonchev–Trinajstić information content (AvgIpc) is 2.98. The molecule has 1 aliphatic rings. The maximum absolute atomic E-state index is 13.2. The summed E-state index contributed by atoms with van der Waals surface area (Å²) >= 11 is 0. The fraction of sp³-hybridized carbons (Fsp3) is 0.318. The number of nitrogens with one attached hydrogen (secondary N) is 1. The standard InChI is InChI=1S/C22H24N2O4/c1-4-15-6-8-16(9-7-15)19(25)14-24-20(26)22(5-2,23-21(24)27)17-10-12-18(28-3)13-11-17/h6-13H,4-5,14H2,1-3H3,(H,23,27)/t22-/m1/s1. The van der Waals surface area contributed by atoms with Crippen LogP contribution >= 0.6 is 0 Å². The lowest BCUT2D eigenvalue weighted by Crippen LogP contribution is -2.43. The summed E-state index contributed by atoms with van der Waals surface area (Å²) in [6.07, 6.45) is 1.25. The highest BCUT2D eigenvalue weighted by Crippen LogP contribution is 2.33. The van der Waals surface area contributed by atoms with Crippen molar-refractivity contribution >= 4 is 17.7 Å². The van der Waals surface area contributed by atoms with Crippen LogP contribution in [0.5, 0.6) is 5.75 Å². The second kappa shape index (κ2) is 7.84. The number of aryl methyl sites for hydroxylation is 1. The van der Waals surface area contributed by atoms with Gasteiger partial charge < -0.3 is 10.1 Å². The molecule has 2 aromatic rings. The van der Waals surface area contributed by atoms with Crippen molar-refractivity contribution in [3.63, 3.8) is 0 Å². The molecule has 0 aliphatic carbocycles. The first kappa shape index (κ1) is 19.6. The van der Waals surface area contributed by atoms with Crippen LogP contribution in [0.1, 0.15) is 41.8 Å². The third kappa shape index (κ3) is 3.38. The van der Waals surface area contributed by atoms with Gasteiger partial charge in [0, 0.05) is 5.56 Å². The molecule has 1 aliphatic heterocycles. The first-order chi connectivity index (χ1) is 13.4. The Labute approximate surface area is 164 Å². The molecule has 0 aromatic heterocycles. The lowest BCUT2D eigenvalue weighted by atomic mass is 9.87. The van der Waals surface area contributed by atoms with Gasteiger partial charge in [0.15, 0.2) is 5.78 Å². The van der Waals surface area contributed by atoms with Crippen LogP contribution in [-0.4, -0.2) is 36.3 Å². The predicted octanol–water partition coefficient (Wildman–Crippen LogP) is 3.30. The van der Waals surface area contributed by atoms with Gasteiger partial charge in [-0.05, 0) is 36.1 Å². The molecule has 0 radical (unpaired) electrons. The first-order valence-corrected chi connectivity index (χ1v) is 9.36. The molecular formula is C22H24N2O4. The summed E-state index contributed by atoms with van der Waals surface area (Å²) in [5.41, 5.74) is 1.10. The number of amides is 3. The molecule has 1 atom stereocenters. The van der Waals surface area contributed by atoms with Gasteiger partial charge >= 0.3 is 6.03 Å². The van der Waals surface area contributed by atoms with E-state index in [-0.39, 0.29) is 12.3 Å². The van der Waals surface area contributed by atoms with Crippen LogP contribution in [0.25, 0.3) is 0 Å². The van der Waals surface area contributed by atoms with Gasteiger partial charge in [0.2, 0.25) is 0 Å². The molecule has 0 unspecified atom stereocenters. The lowest BCUT2D eigenvalue weighted by molar-refractivity contribution is -0.131. The summed E-state index contributed by atoms with van der Waals surface area (Å²) in [5, 5.41) is 2.79. The Kier molecular flexibility index (Phi) is 5.49. The molecule has 3 rings (SSSR count). The molecule has 3 amide bonds. The molecule has 1 fully saturated rings. The van der Waals surface area contributed by atoms with Gasteiger partial charge in [-0.25, -0.2) is 4.79 Å². The van der Waals surface area contributed by atoms with Crippen molar-refractivity contribution in [2.24, 2.45) is 0 Å². The molecule has 28 heavy (non-hydrogen) atoms. The Bertz CT molecular complexity index is 890. The third-order valence-corrected chi connectivity index (χ3v) is 5.27. The Morgan fingerprint density at radius 2 is 1.68 bits per heavy atom. The number of carbonyl (C=O) groups is 3. The topological polar surface area (TPSA) is 75.7 Å². The Morgan fingerprint density at radius 1 is 1.04 bits per heavy atom. The van der Waals surface area contributed by atoms with Crippen LogP contribution in [0, 0.1) is 0 Å². The first-order valence-electron chi connectivity index (χ1n) is 9.36. The number of hydrogen-bond acceptors (Lipinski definition) is 4. The third-order valence-electron chi connectivity index (χ3n) is 5.27. The highest BCUT2D eigenvalue weighted by Gasteiger charge is 2.51. The van der Waals surface area contributed by atoms with Crippen LogP contribution < -0.4 is 10.1 Å². The van der Waals surface area contributed by atoms with E-state index in [9.17, 15) is 14.4 Å². The molecule has 146 valence electrons. The molecule has 1 heterocycles. The van der Waals surface area contributed by atoms with Crippen LogP contribution in [0.2, 0.25) is 0 Å². The summed E-state index contributed by atoms with van der Waals surface area (Å²) in [4.78, 5) is 39.3. The van der Waals surface area contributed by atoms with Gasteiger partial charge in [-0.1, -0.05) is 50.2 Å². The van der Waals surface area contributed by atoms with E-state index in [2.05, 4.69) is 5.32 Å². The largest absolute Gasteiger partial charge is 0.497 e. The summed E-state index contributed by atoms with van der Waals surface area (Å²) in [5.74, 6) is -0.0224. The molecule has 0 spiro atoms. The van der Waals surface area contributed by atoms with Gasteiger partial charge in [0.05, 0.1) is 13.7 Å². The Balaban J connectivity index is 1.83. The van der Waals surface area contributed by atoms with Gasteiger partial charge in [-0.15, -0.1) is 0 Å². The minimum atomic E-state index is -1.17. The molecule has 1 N–H and O–H groups in total. The monoisotopic (exact) mass is 380 g/mol. The van der Waals surface area contributed by atoms with Crippen LogP contribution in [0.3, 0.4) is 0 Å². The fourth-order valence-corrected chi connectivity index (χ4v) is 3.45. The number of nitrogens with zero attached hydrogens (tertiary/aromatic N) is 1. The number of urea groups is 1. The highest BCUT2D eigenvalue weighted by molar-refractivity contribution is 6.11. The van der Waals surface area contributed by atoms with Crippen molar-refractivity contribution in [3.05, 3.63) is 65.2 Å². The quantitative estimate of drug-likeness (QED) is 0.591. The van der Waals surface area contributed by atoms with Gasteiger partial charge in [-0.2, -0.15) is 0 Å². The number of carbonyl (C=O) groups excluding carboxylic acids is 3. The molecule has 6 heteroatoms. The van der Waals surface area contributed by atoms with E-state index in [4.69, 9.17) is 4.74 Å². The zero-order valence-electron chi connectivity index (χ0n) is 16.3. The number of methoxy groups -OCH3 is 1. The molecular weight excluding hydrogens is 356 g/mol. The van der Waals surface area contributed by atoms with E-state index >= 15 is 0 Å². The van der Waals surface area contributed by atoms with Gasteiger partial charge in [-0.3, -0.25) is 14.5 Å². The van der Waals surface area contributed by atoms with Crippen LogP contribution in [-0.2, 0) is 16.8 Å². The minimum Gasteiger partial charge on any atom is -0.497 e. The summed E-state index contributed by atoms with van der Waals surface area (Å²) in [6, 6.07) is 13.7. The maximum atomic E-state index is 13.2. The van der Waals surface area contributed by atoms with Crippen molar-refractivity contribution in [2.75, 3.05) is 13.7 Å². The number of rotatable bonds is 7. The van der Waals surface area contributed by atoms with E-state index in [1.54, 1.807) is 43.5 Å². The van der Waals surface area contributed by atoms with Crippen molar-refractivity contribution in [3.8, 4) is 5.75 Å². The predicted molar refractivity (Wildman–Crippen MR) is 105 cm³/mol. The number of benzene rings is 2. The summed E-state index contributed by atoms with van der Waals surface area (Å²) in [7, 11) is 1.56. The number of hydrogen-bond donors (Lipinski definition) is 1. The number of ketones is 1. The Morgan fingerprint density at radius 3 is 2.21 bits per heavy atom. The van der Waals surface area contributed by atoms with Gasteiger partial charge in [0.1, 0.15) is 11.3 Å². The average molecular weight is 380 g/mol. The van der Waals surface area contributed by atoms with E-state index in [0.29, 0.717) is 23.3 Å². The highest BCUT2D eigenvalue weighted by atomic mass is 16.5. The smallest absolute Gasteiger partial charge is 0.325 e. The fourth-order valence-electron chi connectivity index (χ4n) is 3.45. The molecule has 0 bridgehead atoms. The second-order valence-electron chi connectivity index (χ2n) is 6.78. The number of imide groups is 1. The van der Waals surface area contributed by atoms with Gasteiger partial charge in [0.25, 0.3) is 5.91 Å². The maximum Gasteiger partial charge on any atom is 0.325 e. The van der Waals surface area contributed by atoms with E-state index < -0.39 is 17.5 Å². The number of ether oxygens (including phenoxy) is 1. The van der Waals surface area contributed by atoms with Crippen molar-refractivity contribution in [1.29, 1.82) is 0 Å². The molecule has 6 nitrogen and oxygen atoms in total. The minimum absolute atomic E-state index is 0.271. The van der Waals surface area contributed by atoms with E-state index in [0.717, 1.165) is 16.9 Å². The lowest BCUT2D eigenvalue weighted by Gasteiger charge is -2.26. The van der Waals surface area contributed by atoms with Crippen LogP contribution in [0.15, 0.2) is 48.5 Å². The second-order valence-corrected chi connectivity index (χ2v) is 6.78. The SMILES string of the molecule is CCc1ccc(C(=O)CN2C(=O)N[C@](CC)(c3ccc(OC)cc3)C2=O)cc1. The van der Waals surface area contributed by atoms with Crippen LogP contribution in [0.4, 0.5) is 4.79 Å². The summed E-state index contributed by atoms with van der Waals surface area (Å²) in [6.45, 7) is 3.58. The van der Waals surface area contributed by atoms with E-state index in [1.165, 1.54) is 0 Å². The normalized spacial score (nSPS) is 18.9. The molecule has 0 saturated carbocycles. The van der Waals surface area contributed by atoms with Crippen molar-refractivity contribution in [2.45, 2.75) is 32.2 Å². The van der Waals surface area contributed by atoms with E-state index in [1.807, 2.05) is 26.0 Å². The molecule has 1 saturated heterocycles. The Hall–Kier alpha value is -3.15. The number of Topliss-reactive ketones (excluding diaryl/α,β-unsaturated/α-hetero) is 1. The van der Waals surface area contributed by atoms with Crippen molar-refractivity contribution in [1.82, 2.24) is 10.2 Å².